The molecule has 0 spiro atoms. The lowest BCUT2D eigenvalue weighted by atomic mass is 9.94. The molecule has 0 amide bonds. The van der Waals surface area contributed by atoms with Gasteiger partial charge in [0.1, 0.15) is 0 Å². The Morgan fingerprint density at radius 1 is 1.47 bits per heavy atom. The number of pyridine rings is 1. The Morgan fingerprint density at radius 3 is 2.89 bits per heavy atom. The van der Waals surface area contributed by atoms with Crippen molar-refractivity contribution in [3.8, 4) is 0 Å². The molecule has 1 aliphatic rings. The number of hydrogen-bond donors (Lipinski definition) is 2. The van der Waals surface area contributed by atoms with Crippen molar-refractivity contribution in [2.45, 2.75) is 31.5 Å². The molecule has 1 aromatic rings. The van der Waals surface area contributed by atoms with Crippen LogP contribution in [0.2, 0.25) is 0 Å². The summed E-state index contributed by atoms with van der Waals surface area (Å²) >= 11 is 0. The van der Waals surface area contributed by atoms with E-state index in [-0.39, 0.29) is 0 Å². The van der Waals surface area contributed by atoms with Crippen molar-refractivity contribution in [1.29, 1.82) is 0 Å². The Kier molecular flexibility index (Phi) is 4.87. The van der Waals surface area contributed by atoms with Gasteiger partial charge in [0.25, 0.3) is 0 Å². The van der Waals surface area contributed by atoms with Crippen molar-refractivity contribution in [3.05, 3.63) is 29.6 Å². The predicted molar refractivity (Wildman–Crippen MR) is 73.5 cm³/mol. The van der Waals surface area contributed by atoms with Gasteiger partial charge in [-0.05, 0) is 24.7 Å². The summed E-state index contributed by atoms with van der Waals surface area (Å²) in [5.41, 5.74) is 7.05. The van der Waals surface area contributed by atoms with Crippen molar-refractivity contribution >= 4 is 0 Å². The molecule has 0 radical (unpaired) electrons. The molecule has 106 valence electrons. The van der Waals surface area contributed by atoms with Crippen LogP contribution in [0.3, 0.4) is 0 Å². The minimum Gasteiger partial charge on any atom is -0.388 e. The molecule has 1 aliphatic heterocycles. The van der Waals surface area contributed by atoms with E-state index in [0.717, 1.165) is 12.2 Å². The van der Waals surface area contributed by atoms with Gasteiger partial charge in [-0.25, -0.2) is 0 Å². The third-order valence-electron chi connectivity index (χ3n) is 3.53. The zero-order chi connectivity index (χ0) is 13.7. The average Bonchev–Trinajstić information content (AvgIpc) is 2.39. The summed E-state index contributed by atoms with van der Waals surface area (Å²) < 4.78 is 5.29. The Balaban J connectivity index is 1.91. The number of hydrogen-bond acceptors (Lipinski definition) is 5. The van der Waals surface area contributed by atoms with E-state index < -0.39 is 5.60 Å². The molecule has 1 fully saturated rings. The smallest absolute Gasteiger partial charge is 0.0817 e. The van der Waals surface area contributed by atoms with E-state index in [1.807, 2.05) is 19.2 Å². The quantitative estimate of drug-likeness (QED) is 0.812. The van der Waals surface area contributed by atoms with Crippen LogP contribution in [0, 0.1) is 0 Å². The van der Waals surface area contributed by atoms with Crippen molar-refractivity contribution in [2.24, 2.45) is 5.73 Å². The summed E-state index contributed by atoms with van der Waals surface area (Å²) in [5.74, 6) is 0. The topological polar surface area (TPSA) is 71.6 Å². The fourth-order valence-electron chi connectivity index (χ4n) is 2.52. The lowest BCUT2D eigenvalue weighted by molar-refractivity contribution is -0.0777. The molecule has 2 heterocycles. The van der Waals surface area contributed by atoms with E-state index in [1.165, 1.54) is 5.56 Å². The number of nitrogens with zero attached hydrogens (tertiary/aromatic N) is 2. The Hall–Kier alpha value is -1.01. The second-order valence-corrected chi connectivity index (χ2v) is 5.37. The Labute approximate surface area is 114 Å². The number of ether oxygens (including phenoxy) is 1. The highest BCUT2D eigenvalue weighted by atomic mass is 16.5. The zero-order valence-electron chi connectivity index (χ0n) is 11.5. The fraction of sp³-hybridized carbons (Fsp3) is 0.643. The standard InChI is InChI=1S/C14H23N3O2/c1-17(11-14(18)3-6-19-7-4-14)10-12-2-5-16-13(8-12)9-15/h2,5,8,18H,3-4,6-7,9-11,15H2,1H3. The summed E-state index contributed by atoms with van der Waals surface area (Å²) in [6.07, 6.45) is 3.21. The number of aliphatic hydroxyl groups is 1. The van der Waals surface area contributed by atoms with Crippen molar-refractivity contribution in [1.82, 2.24) is 9.88 Å². The lowest BCUT2D eigenvalue weighted by Gasteiger charge is -2.35. The molecule has 0 bridgehead atoms. The first kappa shape index (κ1) is 14.4. The van der Waals surface area contributed by atoms with E-state index in [4.69, 9.17) is 10.5 Å². The Morgan fingerprint density at radius 2 is 2.21 bits per heavy atom. The first-order valence-corrected chi connectivity index (χ1v) is 6.74. The van der Waals surface area contributed by atoms with Crippen LogP contribution in [0.5, 0.6) is 0 Å². The molecular weight excluding hydrogens is 242 g/mol. The molecule has 0 aliphatic carbocycles. The molecule has 0 unspecified atom stereocenters. The van der Waals surface area contributed by atoms with Gasteiger partial charge in [0.2, 0.25) is 0 Å². The van der Waals surface area contributed by atoms with Gasteiger partial charge in [0.05, 0.1) is 11.3 Å². The van der Waals surface area contributed by atoms with Gasteiger partial charge in [-0.3, -0.25) is 9.88 Å². The van der Waals surface area contributed by atoms with Crippen LogP contribution in [0.25, 0.3) is 0 Å². The van der Waals surface area contributed by atoms with Crippen LogP contribution in [-0.4, -0.2) is 47.4 Å². The number of nitrogens with two attached hydrogens (primary N) is 1. The van der Waals surface area contributed by atoms with Gasteiger partial charge < -0.3 is 15.6 Å². The van der Waals surface area contributed by atoms with Crippen LogP contribution in [0.15, 0.2) is 18.3 Å². The maximum Gasteiger partial charge on any atom is 0.0817 e. The van der Waals surface area contributed by atoms with Crippen molar-refractivity contribution in [2.75, 3.05) is 26.8 Å². The Bertz CT molecular complexity index is 405. The van der Waals surface area contributed by atoms with Crippen LogP contribution in [0.4, 0.5) is 0 Å². The molecule has 2 rings (SSSR count). The lowest BCUT2D eigenvalue weighted by Crippen LogP contribution is -2.45. The normalized spacial score (nSPS) is 18.7. The number of rotatable bonds is 5. The average molecular weight is 265 g/mol. The van der Waals surface area contributed by atoms with Gasteiger partial charge in [-0.15, -0.1) is 0 Å². The molecule has 0 aromatic carbocycles. The van der Waals surface area contributed by atoms with Crippen molar-refractivity contribution < 1.29 is 9.84 Å². The molecule has 5 heteroatoms. The van der Waals surface area contributed by atoms with E-state index >= 15 is 0 Å². The van der Waals surface area contributed by atoms with E-state index in [1.54, 1.807) is 6.20 Å². The highest BCUT2D eigenvalue weighted by Crippen LogP contribution is 2.21. The largest absolute Gasteiger partial charge is 0.388 e. The molecule has 1 saturated heterocycles. The molecule has 1 aromatic heterocycles. The number of likely N-dealkylation sites (N-methyl/N-ethyl adjacent to an activating group) is 1. The zero-order valence-corrected chi connectivity index (χ0v) is 11.5. The molecule has 3 N–H and O–H groups in total. The highest BCUT2D eigenvalue weighted by molar-refractivity contribution is 5.16. The minimum absolute atomic E-state index is 0.457. The van der Waals surface area contributed by atoms with E-state index in [9.17, 15) is 5.11 Å². The second kappa shape index (κ2) is 6.43. The monoisotopic (exact) mass is 265 g/mol. The maximum atomic E-state index is 10.5. The third kappa shape index (κ3) is 4.24. The maximum absolute atomic E-state index is 10.5. The minimum atomic E-state index is -0.614. The molecule has 5 nitrogen and oxygen atoms in total. The van der Waals surface area contributed by atoms with E-state index in [0.29, 0.717) is 39.1 Å². The molecular formula is C14H23N3O2. The van der Waals surface area contributed by atoms with Gasteiger partial charge in [-0.2, -0.15) is 0 Å². The second-order valence-electron chi connectivity index (χ2n) is 5.37. The summed E-state index contributed by atoms with van der Waals surface area (Å²) in [6, 6.07) is 4.01. The van der Waals surface area contributed by atoms with Gasteiger partial charge in [-0.1, -0.05) is 0 Å². The van der Waals surface area contributed by atoms with Crippen LogP contribution in [0.1, 0.15) is 24.1 Å². The van der Waals surface area contributed by atoms with Gasteiger partial charge in [0.15, 0.2) is 0 Å². The summed E-state index contributed by atoms with van der Waals surface area (Å²) in [4.78, 5) is 6.32. The molecule has 0 atom stereocenters. The SMILES string of the molecule is CN(Cc1ccnc(CN)c1)CC1(O)CCOCC1. The van der Waals surface area contributed by atoms with E-state index in [2.05, 4.69) is 9.88 Å². The van der Waals surface area contributed by atoms with Crippen LogP contribution >= 0.6 is 0 Å². The number of aromatic nitrogens is 1. The van der Waals surface area contributed by atoms with Gasteiger partial charge >= 0.3 is 0 Å². The highest BCUT2D eigenvalue weighted by Gasteiger charge is 2.30. The molecule has 19 heavy (non-hydrogen) atoms. The summed E-state index contributed by atoms with van der Waals surface area (Å²) in [7, 11) is 2.02. The first-order valence-electron chi connectivity index (χ1n) is 6.74. The van der Waals surface area contributed by atoms with Crippen LogP contribution < -0.4 is 5.73 Å². The molecule has 0 saturated carbocycles. The predicted octanol–water partition coefficient (Wildman–Crippen LogP) is 0.514. The fourth-order valence-corrected chi connectivity index (χ4v) is 2.52. The first-order chi connectivity index (χ1) is 9.11. The summed E-state index contributed by atoms with van der Waals surface area (Å²) in [6.45, 7) is 3.21. The summed E-state index contributed by atoms with van der Waals surface area (Å²) in [5, 5.41) is 10.5. The van der Waals surface area contributed by atoms with Crippen molar-refractivity contribution in [3.63, 3.8) is 0 Å². The third-order valence-corrected chi connectivity index (χ3v) is 3.53. The van der Waals surface area contributed by atoms with Crippen LogP contribution in [-0.2, 0) is 17.8 Å². The van der Waals surface area contributed by atoms with Gasteiger partial charge in [0, 0.05) is 51.9 Å².